The van der Waals surface area contributed by atoms with Crippen molar-refractivity contribution in [2.75, 3.05) is 18.9 Å². The van der Waals surface area contributed by atoms with E-state index >= 15 is 0 Å². The lowest BCUT2D eigenvalue weighted by atomic mass is 10.0. The molecule has 0 bridgehead atoms. The van der Waals surface area contributed by atoms with Crippen LogP contribution in [0.2, 0.25) is 0 Å². The number of ether oxygens (including phenoxy) is 1. The molecule has 0 amide bonds. The third-order valence-corrected chi connectivity index (χ3v) is 4.43. The summed E-state index contributed by atoms with van der Waals surface area (Å²) in [4.78, 5) is 0. The Morgan fingerprint density at radius 1 is 1.16 bits per heavy atom. The minimum atomic E-state index is -3.10. The van der Waals surface area contributed by atoms with Gasteiger partial charge in [-0.2, -0.15) is 0 Å². The van der Waals surface area contributed by atoms with Gasteiger partial charge in [0.25, 0.3) is 0 Å². The number of aryl methyl sites for hydroxylation is 2. The summed E-state index contributed by atoms with van der Waals surface area (Å²) in [5.74, 6) is 1.02. The van der Waals surface area contributed by atoms with Crippen molar-refractivity contribution in [1.82, 2.24) is 4.72 Å². The van der Waals surface area contributed by atoms with Crippen LogP contribution in [0.4, 0.5) is 0 Å². The Hall–Kier alpha value is -1.07. The average Bonchev–Trinajstić information content (AvgIpc) is 2.35. The van der Waals surface area contributed by atoms with Crippen LogP contribution in [0.3, 0.4) is 0 Å². The fourth-order valence-corrected chi connectivity index (χ4v) is 2.49. The molecule has 1 aromatic carbocycles. The first kappa shape index (κ1) is 16.0. The van der Waals surface area contributed by atoms with Gasteiger partial charge in [-0.25, -0.2) is 13.1 Å². The normalized spacial score (nSPS) is 11.6. The van der Waals surface area contributed by atoms with Gasteiger partial charge in [0, 0.05) is 6.54 Å². The summed E-state index contributed by atoms with van der Waals surface area (Å²) in [5.41, 5.74) is 3.37. The monoisotopic (exact) mass is 285 g/mol. The Morgan fingerprint density at radius 2 is 1.84 bits per heavy atom. The highest BCUT2D eigenvalue weighted by Crippen LogP contribution is 2.23. The Kier molecular flexibility index (Phi) is 5.82. The van der Waals surface area contributed by atoms with E-state index < -0.39 is 10.0 Å². The van der Waals surface area contributed by atoms with Crippen LogP contribution in [0, 0.1) is 13.8 Å². The molecule has 0 unspecified atom stereocenters. The van der Waals surface area contributed by atoms with Gasteiger partial charge in [-0.1, -0.05) is 6.07 Å². The van der Waals surface area contributed by atoms with Crippen LogP contribution >= 0.6 is 0 Å². The highest BCUT2D eigenvalue weighted by molar-refractivity contribution is 7.89. The lowest BCUT2D eigenvalue weighted by Gasteiger charge is -2.13. The van der Waals surface area contributed by atoms with Gasteiger partial charge in [-0.15, -0.1) is 0 Å². The SMILES string of the molecule is CCOc1cc(C)c(CCNS(=O)(=O)CC)cc1C. The molecule has 19 heavy (non-hydrogen) atoms. The van der Waals surface area contributed by atoms with E-state index in [-0.39, 0.29) is 5.75 Å². The van der Waals surface area contributed by atoms with Crippen molar-refractivity contribution in [3.63, 3.8) is 0 Å². The van der Waals surface area contributed by atoms with E-state index in [2.05, 4.69) is 10.8 Å². The first-order chi connectivity index (χ1) is 8.89. The molecule has 0 radical (unpaired) electrons. The molecule has 0 aliphatic rings. The molecular weight excluding hydrogens is 262 g/mol. The standard InChI is InChI=1S/C14H23NO3S/c1-5-18-14-10-11(3)13(9-12(14)4)7-8-15-19(16,17)6-2/h9-10,15H,5-8H2,1-4H3. The molecule has 1 aromatic rings. The molecular formula is C14H23NO3S. The third kappa shape index (κ3) is 4.84. The van der Waals surface area contributed by atoms with Crippen molar-refractivity contribution in [3.8, 4) is 5.75 Å². The van der Waals surface area contributed by atoms with E-state index in [4.69, 9.17) is 4.74 Å². The van der Waals surface area contributed by atoms with Crippen molar-refractivity contribution in [2.24, 2.45) is 0 Å². The van der Waals surface area contributed by atoms with Crippen molar-refractivity contribution < 1.29 is 13.2 Å². The lowest BCUT2D eigenvalue weighted by Crippen LogP contribution is -2.27. The maximum atomic E-state index is 11.3. The molecule has 0 spiro atoms. The van der Waals surface area contributed by atoms with Crippen molar-refractivity contribution in [3.05, 3.63) is 28.8 Å². The second-order valence-corrected chi connectivity index (χ2v) is 6.62. The molecule has 0 saturated carbocycles. The fourth-order valence-electron chi connectivity index (χ4n) is 1.87. The van der Waals surface area contributed by atoms with Gasteiger partial charge in [0.15, 0.2) is 0 Å². The van der Waals surface area contributed by atoms with Crippen LogP contribution in [-0.4, -0.2) is 27.3 Å². The van der Waals surface area contributed by atoms with Crippen molar-refractivity contribution >= 4 is 10.0 Å². The van der Waals surface area contributed by atoms with E-state index in [0.29, 0.717) is 19.6 Å². The quantitative estimate of drug-likeness (QED) is 0.835. The number of sulfonamides is 1. The molecule has 1 rings (SSSR count). The number of rotatable bonds is 7. The first-order valence-corrected chi connectivity index (χ1v) is 8.25. The van der Waals surface area contributed by atoms with E-state index in [0.717, 1.165) is 22.4 Å². The van der Waals surface area contributed by atoms with Gasteiger partial charge in [0.2, 0.25) is 10.0 Å². The maximum Gasteiger partial charge on any atom is 0.211 e. The van der Waals surface area contributed by atoms with Crippen LogP contribution in [0.15, 0.2) is 12.1 Å². The molecule has 0 aliphatic heterocycles. The summed E-state index contributed by atoms with van der Waals surface area (Å²) in [6.07, 6.45) is 0.693. The molecule has 5 heteroatoms. The minimum Gasteiger partial charge on any atom is -0.494 e. The zero-order chi connectivity index (χ0) is 14.5. The summed E-state index contributed by atoms with van der Waals surface area (Å²) >= 11 is 0. The maximum absolute atomic E-state index is 11.3. The molecule has 0 fully saturated rings. The molecule has 108 valence electrons. The zero-order valence-electron chi connectivity index (χ0n) is 12.1. The van der Waals surface area contributed by atoms with Crippen LogP contribution < -0.4 is 9.46 Å². The number of nitrogens with one attached hydrogen (secondary N) is 1. The van der Waals surface area contributed by atoms with Gasteiger partial charge >= 0.3 is 0 Å². The van der Waals surface area contributed by atoms with Gasteiger partial charge in [0.1, 0.15) is 5.75 Å². The van der Waals surface area contributed by atoms with Crippen LogP contribution in [0.1, 0.15) is 30.5 Å². The summed E-state index contributed by atoms with van der Waals surface area (Å²) in [7, 11) is -3.10. The predicted molar refractivity (Wildman–Crippen MR) is 78.3 cm³/mol. The summed E-state index contributed by atoms with van der Waals surface area (Å²) in [6, 6.07) is 4.09. The third-order valence-electron chi connectivity index (χ3n) is 3.03. The zero-order valence-corrected chi connectivity index (χ0v) is 12.9. The lowest BCUT2D eigenvalue weighted by molar-refractivity contribution is 0.337. The highest BCUT2D eigenvalue weighted by Gasteiger charge is 2.08. The van der Waals surface area contributed by atoms with Crippen LogP contribution in [0.25, 0.3) is 0 Å². The second kappa shape index (κ2) is 6.91. The molecule has 0 saturated heterocycles. The van der Waals surface area contributed by atoms with Crippen molar-refractivity contribution in [1.29, 1.82) is 0 Å². The first-order valence-electron chi connectivity index (χ1n) is 6.59. The Labute approximate surface area is 116 Å². The molecule has 0 atom stereocenters. The molecule has 0 heterocycles. The van der Waals surface area contributed by atoms with E-state index in [1.165, 1.54) is 0 Å². The molecule has 4 nitrogen and oxygen atoms in total. The van der Waals surface area contributed by atoms with E-state index in [1.54, 1.807) is 6.92 Å². The van der Waals surface area contributed by atoms with Crippen LogP contribution in [-0.2, 0) is 16.4 Å². The molecule has 1 N–H and O–H groups in total. The number of benzene rings is 1. The molecule has 0 aromatic heterocycles. The smallest absolute Gasteiger partial charge is 0.211 e. The van der Waals surface area contributed by atoms with Gasteiger partial charge in [-0.05, 0) is 56.9 Å². The Balaban J connectivity index is 2.72. The van der Waals surface area contributed by atoms with Gasteiger partial charge < -0.3 is 4.74 Å². The highest BCUT2D eigenvalue weighted by atomic mass is 32.2. The predicted octanol–water partition coefficient (Wildman–Crippen LogP) is 2.18. The van der Waals surface area contributed by atoms with Gasteiger partial charge in [0.05, 0.1) is 12.4 Å². The van der Waals surface area contributed by atoms with Crippen molar-refractivity contribution in [2.45, 2.75) is 34.1 Å². The Morgan fingerprint density at radius 3 is 2.42 bits per heavy atom. The summed E-state index contributed by atoms with van der Waals surface area (Å²) in [6.45, 7) is 8.70. The second-order valence-electron chi connectivity index (χ2n) is 4.52. The van der Waals surface area contributed by atoms with E-state index in [9.17, 15) is 8.42 Å². The van der Waals surface area contributed by atoms with Gasteiger partial charge in [-0.3, -0.25) is 0 Å². The largest absolute Gasteiger partial charge is 0.494 e. The summed E-state index contributed by atoms with van der Waals surface area (Å²) in [5, 5.41) is 0. The summed E-state index contributed by atoms with van der Waals surface area (Å²) < 4.78 is 30.8. The number of hydrogen-bond acceptors (Lipinski definition) is 3. The van der Waals surface area contributed by atoms with E-state index in [1.807, 2.05) is 26.8 Å². The van der Waals surface area contributed by atoms with Crippen LogP contribution in [0.5, 0.6) is 5.75 Å². The average molecular weight is 285 g/mol. The number of hydrogen-bond donors (Lipinski definition) is 1. The fraction of sp³-hybridized carbons (Fsp3) is 0.571. The molecule has 0 aliphatic carbocycles. The minimum absolute atomic E-state index is 0.119. The Bertz CT molecular complexity index is 524. The topological polar surface area (TPSA) is 55.4 Å².